The van der Waals surface area contributed by atoms with Gasteiger partial charge in [-0.25, -0.2) is 0 Å². The summed E-state index contributed by atoms with van der Waals surface area (Å²) in [6, 6.07) is 8.56. The predicted octanol–water partition coefficient (Wildman–Crippen LogP) is 2.03. The number of nitrogens with zero attached hydrogens (tertiary/aromatic N) is 1. The summed E-state index contributed by atoms with van der Waals surface area (Å²) in [5.74, 6) is 0.924. The highest BCUT2D eigenvalue weighted by Crippen LogP contribution is 2.24. The number of rotatable bonds is 6. The lowest BCUT2D eigenvalue weighted by atomic mass is 10.1. The molecule has 4 heteroatoms. The van der Waals surface area contributed by atoms with E-state index >= 15 is 0 Å². The summed E-state index contributed by atoms with van der Waals surface area (Å²) in [4.78, 5) is 2.34. The van der Waals surface area contributed by atoms with Crippen molar-refractivity contribution in [2.24, 2.45) is 5.73 Å². The largest absolute Gasteiger partial charge is 0.493 e. The van der Waals surface area contributed by atoms with Crippen LogP contribution < -0.4 is 15.4 Å². The molecule has 1 aromatic rings. The van der Waals surface area contributed by atoms with E-state index < -0.39 is 0 Å². The Balaban J connectivity index is 1.90. The molecule has 19 heavy (non-hydrogen) atoms. The second-order valence-electron chi connectivity index (χ2n) is 5.04. The van der Waals surface area contributed by atoms with Crippen LogP contribution in [0.15, 0.2) is 24.3 Å². The third kappa shape index (κ3) is 4.40. The van der Waals surface area contributed by atoms with Crippen molar-refractivity contribution in [1.82, 2.24) is 0 Å². The van der Waals surface area contributed by atoms with Gasteiger partial charge in [0.1, 0.15) is 5.75 Å². The monoisotopic (exact) mass is 264 g/mol. The molecule has 4 nitrogen and oxygen atoms in total. The Morgan fingerprint density at radius 3 is 3.05 bits per heavy atom. The lowest BCUT2D eigenvalue weighted by molar-refractivity contribution is 0.172. The van der Waals surface area contributed by atoms with Crippen LogP contribution in [0.2, 0.25) is 0 Å². The summed E-state index contributed by atoms with van der Waals surface area (Å²) in [6.07, 6.45) is 3.21. The fourth-order valence-corrected chi connectivity index (χ4v) is 2.41. The normalized spacial score (nSPS) is 19.5. The van der Waals surface area contributed by atoms with Gasteiger partial charge < -0.3 is 20.1 Å². The molecule has 0 radical (unpaired) electrons. The van der Waals surface area contributed by atoms with E-state index in [0.29, 0.717) is 12.6 Å². The van der Waals surface area contributed by atoms with Crippen molar-refractivity contribution >= 4 is 5.69 Å². The molecule has 1 saturated heterocycles. The van der Waals surface area contributed by atoms with Gasteiger partial charge in [-0.15, -0.1) is 0 Å². The lowest BCUT2D eigenvalue weighted by Crippen LogP contribution is -2.42. The molecule has 1 aromatic carbocycles. The molecule has 0 spiro atoms. The molecule has 0 amide bonds. The molecule has 0 bridgehead atoms. The van der Waals surface area contributed by atoms with E-state index in [9.17, 15) is 0 Å². The minimum Gasteiger partial charge on any atom is -0.493 e. The molecule has 0 aromatic heterocycles. The van der Waals surface area contributed by atoms with Gasteiger partial charge in [0.05, 0.1) is 6.61 Å². The number of piperidine rings is 1. The van der Waals surface area contributed by atoms with Crippen molar-refractivity contribution in [1.29, 1.82) is 0 Å². The number of ether oxygens (including phenoxy) is 2. The number of hydrogen-bond acceptors (Lipinski definition) is 4. The first kappa shape index (κ1) is 14.2. The molecule has 1 unspecified atom stereocenters. The van der Waals surface area contributed by atoms with Gasteiger partial charge in [-0.3, -0.25) is 0 Å². The Morgan fingerprint density at radius 2 is 2.26 bits per heavy atom. The SMILES string of the molecule is COCCCOc1cccc(N2CCCC(N)C2)c1. The Hall–Kier alpha value is -1.26. The van der Waals surface area contributed by atoms with Gasteiger partial charge in [-0.1, -0.05) is 6.07 Å². The number of hydrogen-bond donors (Lipinski definition) is 1. The summed E-state index contributed by atoms with van der Waals surface area (Å²) in [5, 5.41) is 0. The Morgan fingerprint density at radius 1 is 1.37 bits per heavy atom. The van der Waals surface area contributed by atoms with Crippen molar-refractivity contribution in [3.05, 3.63) is 24.3 Å². The second kappa shape index (κ2) is 7.36. The predicted molar refractivity (Wildman–Crippen MR) is 77.9 cm³/mol. The molecule has 1 aliphatic rings. The van der Waals surface area contributed by atoms with Crippen LogP contribution in [0.5, 0.6) is 5.75 Å². The summed E-state index contributed by atoms with van der Waals surface area (Å²) in [6.45, 7) is 3.45. The maximum atomic E-state index is 6.03. The fraction of sp³-hybridized carbons (Fsp3) is 0.600. The lowest BCUT2D eigenvalue weighted by Gasteiger charge is -2.32. The molecule has 1 heterocycles. The van der Waals surface area contributed by atoms with Gasteiger partial charge in [0.2, 0.25) is 0 Å². The molecular weight excluding hydrogens is 240 g/mol. The highest BCUT2D eigenvalue weighted by Gasteiger charge is 2.17. The molecule has 0 saturated carbocycles. The minimum atomic E-state index is 0.292. The van der Waals surface area contributed by atoms with E-state index in [1.165, 1.54) is 12.1 Å². The maximum absolute atomic E-state index is 6.03. The first-order valence-corrected chi connectivity index (χ1v) is 7.02. The standard InChI is InChI=1S/C15H24N2O2/c1-18-9-4-10-19-15-7-2-6-14(11-15)17-8-3-5-13(16)12-17/h2,6-7,11,13H,3-5,8-10,12,16H2,1H3. The first-order chi connectivity index (χ1) is 9.29. The van der Waals surface area contributed by atoms with Crippen molar-refractivity contribution in [2.75, 3.05) is 38.3 Å². The number of anilines is 1. The minimum absolute atomic E-state index is 0.292. The van der Waals surface area contributed by atoms with E-state index in [0.717, 1.165) is 38.3 Å². The van der Waals surface area contributed by atoms with Crippen LogP contribution in [-0.2, 0) is 4.74 Å². The highest BCUT2D eigenvalue weighted by molar-refractivity contribution is 5.51. The Bertz CT molecular complexity index is 384. The molecule has 1 fully saturated rings. The third-order valence-corrected chi connectivity index (χ3v) is 3.40. The Kier molecular flexibility index (Phi) is 5.48. The molecule has 2 N–H and O–H groups in total. The van der Waals surface area contributed by atoms with Gasteiger partial charge in [0.25, 0.3) is 0 Å². The van der Waals surface area contributed by atoms with Gasteiger partial charge in [-0.2, -0.15) is 0 Å². The third-order valence-electron chi connectivity index (χ3n) is 3.40. The topological polar surface area (TPSA) is 47.7 Å². The van der Waals surface area contributed by atoms with Crippen LogP contribution in [0.1, 0.15) is 19.3 Å². The average Bonchev–Trinajstić information content (AvgIpc) is 2.44. The molecule has 1 atom stereocenters. The van der Waals surface area contributed by atoms with Gasteiger partial charge >= 0.3 is 0 Å². The van der Waals surface area contributed by atoms with E-state index in [1.54, 1.807) is 7.11 Å². The summed E-state index contributed by atoms with van der Waals surface area (Å²) >= 11 is 0. The van der Waals surface area contributed by atoms with Gasteiger partial charge in [-0.05, 0) is 25.0 Å². The van der Waals surface area contributed by atoms with Crippen LogP contribution in [-0.4, -0.2) is 39.5 Å². The molecule has 1 aliphatic heterocycles. The molecular formula is C15H24N2O2. The van der Waals surface area contributed by atoms with Crippen molar-refractivity contribution < 1.29 is 9.47 Å². The van der Waals surface area contributed by atoms with Crippen LogP contribution in [0.3, 0.4) is 0 Å². The van der Waals surface area contributed by atoms with Gasteiger partial charge in [0, 0.05) is 51.0 Å². The summed E-state index contributed by atoms with van der Waals surface area (Å²) in [7, 11) is 1.71. The first-order valence-electron chi connectivity index (χ1n) is 7.02. The van der Waals surface area contributed by atoms with E-state index in [1.807, 2.05) is 12.1 Å². The van der Waals surface area contributed by atoms with Crippen LogP contribution in [0.4, 0.5) is 5.69 Å². The second-order valence-corrected chi connectivity index (χ2v) is 5.04. The molecule has 0 aliphatic carbocycles. The number of methoxy groups -OCH3 is 1. The van der Waals surface area contributed by atoms with E-state index in [-0.39, 0.29) is 0 Å². The number of benzene rings is 1. The molecule has 106 valence electrons. The maximum Gasteiger partial charge on any atom is 0.121 e. The summed E-state index contributed by atoms with van der Waals surface area (Å²) < 4.78 is 10.7. The van der Waals surface area contributed by atoms with Gasteiger partial charge in [0.15, 0.2) is 0 Å². The van der Waals surface area contributed by atoms with Crippen molar-refractivity contribution in [3.63, 3.8) is 0 Å². The number of nitrogens with two attached hydrogens (primary N) is 1. The molecule has 2 rings (SSSR count). The van der Waals surface area contributed by atoms with Crippen LogP contribution >= 0.6 is 0 Å². The van der Waals surface area contributed by atoms with E-state index in [4.69, 9.17) is 15.2 Å². The zero-order valence-electron chi connectivity index (χ0n) is 11.7. The quantitative estimate of drug-likeness (QED) is 0.799. The Labute approximate surface area is 115 Å². The van der Waals surface area contributed by atoms with Crippen LogP contribution in [0.25, 0.3) is 0 Å². The van der Waals surface area contributed by atoms with Crippen molar-refractivity contribution in [3.8, 4) is 5.75 Å². The van der Waals surface area contributed by atoms with E-state index in [2.05, 4.69) is 17.0 Å². The zero-order chi connectivity index (χ0) is 13.5. The zero-order valence-corrected chi connectivity index (χ0v) is 11.7. The fourth-order valence-electron chi connectivity index (χ4n) is 2.41. The van der Waals surface area contributed by atoms with Crippen LogP contribution in [0, 0.1) is 0 Å². The summed E-state index contributed by atoms with van der Waals surface area (Å²) in [5.41, 5.74) is 7.24. The highest BCUT2D eigenvalue weighted by atomic mass is 16.5. The van der Waals surface area contributed by atoms with Crippen molar-refractivity contribution in [2.45, 2.75) is 25.3 Å². The smallest absolute Gasteiger partial charge is 0.121 e. The average molecular weight is 264 g/mol.